The molecule has 0 N–H and O–H groups in total. The number of hydrogen-bond donors (Lipinski definition) is 0. The second-order valence-electron chi connectivity index (χ2n) is 5.01. The van der Waals surface area contributed by atoms with E-state index in [4.69, 9.17) is 4.74 Å². The fraction of sp³-hybridized carbons (Fsp3) is 0.176. The number of para-hydroxylation sites is 1. The first-order valence-electron chi connectivity index (χ1n) is 7.25. The summed E-state index contributed by atoms with van der Waals surface area (Å²) in [5.74, 6) is -1.18. The lowest BCUT2D eigenvalue weighted by atomic mass is 10.2. The van der Waals surface area contributed by atoms with Gasteiger partial charge in [-0.05, 0) is 24.3 Å². The van der Waals surface area contributed by atoms with Gasteiger partial charge in [0.15, 0.2) is 12.4 Å². The minimum atomic E-state index is -0.700. The number of amides is 1. The molecule has 0 unspecified atom stereocenters. The molecule has 0 heterocycles. The molecule has 0 atom stereocenters. The van der Waals surface area contributed by atoms with Crippen LogP contribution in [-0.4, -0.2) is 37.6 Å². The molecule has 130 valence electrons. The molecule has 1 amide bonds. The molecule has 25 heavy (non-hydrogen) atoms. The zero-order valence-electron chi connectivity index (χ0n) is 13.7. The molecule has 0 spiro atoms. The van der Waals surface area contributed by atoms with Gasteiger partial charge in [-0.3, -0.25) is 14.9 Å². The third kappa shape index (κ3) is 4.31. The van der Waals surface area contributed by atoms with Gasteiger partial charge in [-0.1, -0.05) is 18.2 Å². The third-order valence-electron chi connectivity index (χ3n) is 3.45. The van der Waals surface area contributed by atoms with Crippen molar-refractivity contribution < 1.29 is 24.0 Å². The summed E-state index contributed by atoms with van der Waals surface area (Å²) in [6, 6.07) is 12.6. The van der Waals surface area contributed by atoms with Crippen LogP contribution in [0.5, 0.6) is 5.75 Å². The SMILES string of the molecule is COC(=O)c1ccc(OCC(=O)N(C)c2ccccc2)c([N+](=O)[O-])c1. The van der Waals surface area contributed by atoms with E-state index in [1.807, 2.05) is 6.07 Å². The number of benzene rings is 2. The van der Waals surface area contributed by atoms with Crippen molar-refractivity contribution in [2.75, 3.05) is 25.7 Å². The van der Waals surface area contributed by atoms with E-state index in [0.717, 1.165) is 6.07 Å². The number of nitrogens with zero attached hydrogens (tertiary/aromatic N) is 2. The number of nitro benzene ring substituents is 1. The monoisotopic (exact) mass is 344 g/mol. The Kier molecular flexibility index (Phi) is 5.67. The van der Waals surface area contributed by atoms with Crippen molar-refractivity contribution in [2.24, 2.45) is 0 Å². The Morgan fingerprint density at radius 1 is 1.16 bits per heavy atom. The zero-order valence-corrected chi connectivity index (χ0v) is 13.7. The second-order valence-corrected chi connectivity index (χ2v) is 5.01. The molecular formula is C17H16N2O6. The standard InChI is InChI=1S/C17H16N2O6/c1-18(13-6-4-3-5-7-13)16(20)11-25-15-9-8-12(17(21)24-2)10-14(15)19(22)23/h3-10H,11H2,1-2H3. The molecule has 0 radical (unpaired) electrons. The molecule has 0 aromatic heterocycles. The van der Waals surface area contributed by atoms with Gasteiger partial charge in [-0.25, -0.2) is 4.79 Å². The Morgan fingerprint density at radius 3 is 2.44 bits per heavy atom. The van der Waals surface area contributed by atoms with E-state index < -0.39 is 16.6 Å². The summed E-state index contributed by atoms with van der Waals surface area (Å²) in [5, 5.41) is 11.2. The molecule has 0 aliphatic heterocycles. The first-order chi connectivity index (χ1) is 11.9. The van der Waals surface area contributed by atoms with Gasteiger partial charge in [0.1, 0.15) is 0 Å². The molecular weight excluding hydrogens is 328 g/mol. The van der Waals surface area contributed by atoms with Crippen LogP contribution >= 0.6 is 0 Å². The number of anilines is 1. The molecule has 0 saturated heterocycles. The van der Waals surface area contributed by atoms with Gasteiger partial charge in [-0.15, -0.1) is 0 Å². The van der Waals surface area contributed by atoms with Crippen LogP contribution < -0.4 is 9.64 Å². The summed E-state index contributed by atoms with van der Waals surface area (Å²) in [6.07, 6.45) is 0. The Labute approximate surface area is 143 Å². The van der Waals surface area contributed by atoms with Crippen LogP contribution in [0, 0.1) is 10.1 Å². The molecule has 0 bridgehead atoms. The number of likely N-dealkylation sites (N-methyl/N-ethyl adjacent to an activating group) is 1. The van der Waals surface area contributed by atoms with Gasteiger partial charge in [0.2, 0.25) is 0 Å². The number of esters is 1. The van der Waals surface area contributed by atoms with Crippen LogP contribution in [0.1, 0.15) is 10.4 Å². The van der Waals surface area contributed by atoms with Gasteiger partial charge in [0.25, 0.3) is 5.91 Å². The van der Waals surface area contributed by atoms with E-state index in [1.54, 1.807) is 31.3 Å². The van der Waals surface area contributed by atoms with Crippen LogP contribution in [0.15, 0.2) is 48.5 Å². The number of rotatable bonds is 6. The minimum absolute atomic E-state index is 0.0225. The third-order valence-corrected chi connectivity index (χ3v) is 3.45. The van der Waals surface area contributed by atoms with Crippen molar-refractivity contribution in [1.82, 2.24) is 0 Å². The predicted octanol–water partition coefficient (Wildman–Crippen LogP) is 2.42. The highest BCUT2D eigenvalue weighted by Gasteiger charge is 2.21. The van der Waals surface area contributed by atoms with Gasteiger partial charge in [0.05, 0.1) is 17.6 Å². The molecule has 2 rings (SSSR count). The lowest BCUT2D eigenvalue weighted by molar-refractivity contribution is -0.385. The van der Waals surface area contributed by atoms with Crippen molar-refractivity contribution in [2.45, 2.75) is 0 Å². The number of carbonyl (C=O) groups is 2. The van der Waals surface area contributed by atoms with Crippen molar-refractivity contribution in [1.29, 1.82) is 0 Å². The van der Waals surface area contributed by atoms with E-state index in [0.29, 0.717) is 5.69 Å². The van der Waals surface area contributed by atoms with Gasteiger partial charge < -0.3 is 14.4 Å². The van der Waals surface area contributed by atoms with E-state index in [9.17, 15) is 19.7 Å². The Morgan fingerprint density at radius 2 is 1.84 bits per heavy atom. The maximum atomic E-state index is 12.2. The predicted molar refractivity (Wildman–Crippen MR) is 89.8 cm³/mol. The first kappa shape index (κ1) is 17.9. The Bertz CT molecular complexity index is 791. The fourth-order valence-electron chi connectivity index (χ4n) is 2.06. The highest BCUT2D eigenvalue weighted by molar-refractivity contribution is 5.94. The Balaban J connectivity index is 2.13. The Hall–Kier alpha value is -3.42. The molecule has 2 aromatic carbocycles. The summed E-state index contributed by atoms with van der Waals surface area (Å²) < 4.78 is 9.81. The van der Waals surface area contributed by atoms with Gasteiger partial charge in [0, 0.05) is 18.8 Å². The van der Waals surface area contributed by atoms with Crippen LogP contribution in [0.25, 0.3) is 0 Å². The number of hydrogen-bond acceptors (Lipinski definition) is 6. The molecule has 2 aromatic rings. The topological polar surface area (TPSA) is 99.0 Å². The lowest BCUT2D eigenvalue weighted by Crippen LogP contribution is -2.31. The van der Waals surface area contributed by atoms with E-state index >= 15 is 0 Å². The molecule has 0 aliphatic rings. The van der Waals surface area contributed by atoms with Crippen LogP contribution in [0.3, 0.4) is 0 Å². The van der Waals surface area contributed by atoms with Crippen molar-refractivity contribution in [3.05, 3.63) is 64.2 Å². The maximum absolute atomic E-state index is 12.2. The highest BCUT2D eigenvalue weighted by atomic mass is 16.6. The molecule has 0 aliphatic carbocycles. The van der Waals surface area contributed by atoms with E-state index in [2.05, 4.69) is 4.74 Å². The molecule has 0 saturated carbocycles. The summed E-state index contributed by atoms with van der Waals surface area (Å²) in [7, 11) is 2.76. The molecule has 8 heteroatoms. The van der Waals surface area contributed by atoms with Crippen molar-refractivity contribution in [3.8, 4) is 5.75 Å². The minimum Gasteiger partial charge on any atom is -0.477 e. The maximum Gasteiger partial charge on any atom is 0.338 e. The fourth-order valence-corrected chi connectivity index (χ4v) is 2.06. The van der Waals surface area contributed by atoms with E-state index in [1.165, 1.54) is 24.1 Å². The van der Waals surface area contributed by atoms with Crippen molar-refractivity contribution >= 4 is 23.3 Å². The highest BCUT2D eigenvalue weighted by Crippen LogP contribution is 2.28. The first-order valence-corrected chi connectivity index (χ1v) is 7.25. The number of nitro groups is 1. The summed E-state index contributed by atoms with van der Waals surface area (Å²) >= 11 is 0. The number of methoxy groups -OCH3 is 1. The van der Waals surface area contributed by atoms with Crippen LogP contribution in [0.2, 0.25) is 0 Å². The molecule has 0 fully saturated rings. The van der Waals surface area contributed by atoms with Crippen LogP contribution in [-0.2, 0) is 9.53 Å². The number of ether oxygens (including phenoxy) is 2. The van der Waals surface area contributed by atoms with Gasteiger partial charge in [-0.2, -0.15) is 0 Å². The quantitative estimate of drug-likeness (QED) is 0.453. The average molecular weight is 344 g/mol. The smallest absolute Gasteiger partial charge is 0.338 e. The second kappa shape index (κ2) is 7.91. The van der Waals surface area contributed by atoms with E-state index in [-0.39, 0.29) is 23.8 Å². The summed E-state index contributed by atoms with van der Waals surface area (Å²) in [6.45, 7) is -0.385. The zero-order chi connectivity index (χ0) is 18.4. The van der Waals surface area contributed by atoms with Gasteiger partial charge >= 0.3 is 11.7 Å². The van der Waals surface area contributed by atoms with Crippen LogP contribution in [0.4, 0.5) is 11.4 Å². The molecule has 8 nitrogen and oxygen atoms in total. The normalized spacial score (nSPS) is 10.0. The summed E-state index contributed by atoms with van der Waals surface area (Å²) in [5.41, 5.74) is 0.277. The lowest BCUT2D eigenvalue weighted by Gasteiger charge is -2.17. The largest absolute Gasteiger partial charge is 0.477 e. The number of carbonyl (C=O) groups excluding carboxylic acids is 2. The summed E-state index contributed by atoms with van der Waals surface area (Å²) in [4.78, 5) is 35.5. The van der Waals surface area contributed by atoms with Crippen molar-refractivity contribution in [3.63, 3.8) is 0 Å². The average Bonchev–Trinajstić information content (AvgIpc) is 2.65.